The van der Waals surface area contributed by atoms with Gasteiger partial charge in [0.15, 0.2) is 0 Å². The zero-order valence-electron chi connectivity index (χ0n) is 13.1. The van der Waals surface area contributed by atoms with Gasteiger partial charge in [-0.05, 0) is 44.5 Å². The Bertz CT molecular complexity index is 553. The third-order valence-corrected chi connectivity index (χ3v) is 3.97. The molecule has 7 heteroatoms. The first-order valence-corrected chi connectivity index (χ1v) is 7.87. The van der Waals surface area contributed by atoms with E-state index >= 15 is 0 Å². The maximum absolute atomic E-state index is 13.4. The van der Waals surface area contributed by atoms with Gasteiger partial charge in [0.25, 0.3) is 0 Å². The second kappa shape index (κ2) is 8.47. The van der Waals surface area contributed by atoms with Gasteiger partial charge in [0.2, 0.25) is 5.91 Å². The molecule has 0 radical (unpaired) electrons. The molecule has 1 aliphatic rings. The molecule has 0 spiro atoms. The van der Waals surface area contributed by atoms with Crippen LogP contribution in [-0.4, -0.2) is 43.0 Å². The van der Waals surface area contributed by atoms with Gasteiger partial charge in [-0.15, -0.1) is 0 Å². The summed E-state index contributed by atoms with van der Waals surface area (Å²) in [7, 11) is 0. The average molecular weight is 322 g/mol. The number of urea groups is 1. The van der Waals surface area contributed by atoms with Crippen LogP contribution in [0, 0.1) is 11.7 Å². The van der Waals surface area contributed by atoms with E-state index < -0.39 is 11.8 Å². The van der Waals surface area contributed by atoms with Crippen LogP contribution in [0.1, 0.15) is 19.3 Å². The number of primary amides is 1. The summed E-state index contributed by atoms with van der Waals surface area (Å²) in [5.74, 6) is -0.772. The Morgan fingerprint density at radius 1 is 1.35 bits per heavy atom. The smallest absolute Gasteiger partial charge is 0.319 e. The summed E-state index contributed by atoms with van der Waals surface area (Å²) in [6.45, 7) is 2.92. The first kappa shape index (κ1) is 17.2. The molecule has 1 aliphatic heterocycles. The van der Waals surface area contributed by atoms with Crippen LogP contribution in [0.3, 0.4) is 0 Å². The van der Waals surface area contributed by atoms with Crippen LogP contribution >= 0.6 is 0 Å². The van der Waals surface area contributed by atoms with Gasteiger partial charge in [0, 0.05) is 13.1 Å². The minimum atomic E-state index is -0.464. The molecular weight excluding hydrogens is 299 g/mol. The normalized spacial score (nSPS) is 18.4. The predicted octanol–water partition coefficient (Wildman–Crippen LogP) is 1.53. The molecule has 6 nitrogen and oxygen atoms in total. The number of halogens is 1. The van der Waals surface area contributed by atoms with Gasteiger partial charge < -0.3 is 21.3 Å². The van der Waals surface area contributed by atoms with Crippen molar-refractivity contribution in [2.24, 2.45) is 11.7 Å². The molecule has 0 saturated carbocycles. The first-order valence-electron chi connectivity index (χ1n) is 7.87. The Morgan fingerprint density at radius 3 is 2.87 bits per heavy atom. The van der Waals surface area contributed by atoms with Gasteiger partial charge in [-0.2, -0.15) is 0 Å². The number of para-hydroxylation sites is 1. The fourth-order valence-corrected chi connectivity index (χ4v) is 2.72. The highest BCUT2D eigenvalue weighted by atomic mass is 19.1. The summed E-state index contributed by atoms with van der Waals surface area (Å²) in [5, 5.41) is 5.17. The summed E-state index contributed by atoms with van der Waals surface area (Å²) in [6, 6.07) is 5.60. The number of carbonyl (C=O) groups excluding carboxylic acids is 2. The lowest BCUT2D eigenvalue weighted by Crippen LogP contribution is -2.42. The fraction of sp³-hybridized carbons (Fsp3) is 0.500. The lowest BCUT2D eigenvalue weighted by Gasteiger charge is -2.31. The van der Waals surface area contributed by atoms with Crippen molar-refractivity contribution in [2.45, 2.75) is 19.3 Å². The summed E-state index contributed by atoms with van der Waals surface area (Å²) in [6.07, 6.45) is 2.58. The number of nitrogens with one attached hydrogen (secondary N) is 2. The maximum atomic E-state index is 13.4. The Labute approximate surface area is 135 Å². The van der Waals surface area contributed by atoms with E-state index in [1.165, 1.54) is 12.1 Å². The Balaban J connectivity index is 1.64. The molecule has 1 atom stereocenters. The molecular formula is C16H23FN4O2. The molecule has 4 N–H and O–H groups in total. The van der Waals surface area contributed by atoms with E-state index in [0.717, 1.165) is 32.4 Å². The molecule has 0 unspecified atom stereocenters. The molecule has 1 heterocycles. The number of hydrogen-bond acceptors (Lipinski definition) is 3. The zero-order chi connectivity index (χ0) is 16.7. The minimum Gasteiger partial charge on any atom is -0.369 e. The van der Waals surface area contributed by atoms with Gasteiger partial charge >= 0.3 is 6.03 Å². The number of hydrogen-bond donors (Lipinski definition) is 3. The second-order valence-corrected chi connectivity index (χ2v) is 5.76. The zero-order valence-corrected chi connectivity index (χ0v) is 13.1. The van der Waals surface area contributed by atoms with Crippen molar-refractivity contribution < 1.29 is 14.0 Å². The molecule has 1 aromatic rings. The highest BCUT2D eigenvalue weighted by Crippen LogP contribution is 2.16. The van der Waals surface area contributed by atoms with Crippen LogP contribution in [0.5, 0.6) is 0 Å². The Morgan fingerprint density at radius 2 is 2.13 bits per heavy atom. The van der Waals surface area contributed by atoms with Crippen molar-refractivity contribution in [2.75, 3.05) is 31.5 Å². The summed E-state index contributed by atoms with van der Waals surface area (Å²) < 4.78 is 13.4. The molecule has 0 aromatic heterocycles. The fourth-order valence-electron chi connectivity index (χ4n) is 2.72. The third-order valence-electron chi connectivity index (χ3n) is 3.97. The standard InChI is InChI=1S/C16H23FN4O2/c17-13-6-1-2-7-14(13)20-16(23)19-8-4-10-21-9-3-5-12(11-21)15(18)22/h1-2,6-7,12H,3-5,8-11H2,(H2,18,22)(H2,19,20,23)/t12-/m0/s1. The average Bonchev–Trinajstić information content (AvgIpc) is 2.54. The lowest BCUT2D eigenvalue weighted by molar-refractivity contribution is -0.123. The number of nitrogens with zero attached hydrogens (tertiary/aromatic N) is 1. The van der Waals surface area contributed by atoms with Gasteiger partial charge in [0.1, 0.15) is 5.82 Å². The molecule has 1 fully saturated rings. The highest BCUT2D eigenvalue weighted by Gasteiger charge is 2.23. The topological polar surface area (TPSA) is 87.5 Å². The Kier molecular flexibility index (Phi) is 6.34. The van der Waals surface area contributed by atoms with Crippen LogP contribution in [-0.2, 0) is 4.79 Å². The summed E-state index contributed by atoms with van der Waals surface area (Å²) in [4.78, 5) is 25.1. The van der Waals surface area contributed by atoms with Gasteiger partial charge in [0.05, 0.1) is 11.6 Å². The number of nitrogens with two attached hydrogens (primary N) is 1. The molecule has 2 rings (SSSR count). The van der Waals surface area contributed by atoms with E-state index in [9.17, 15) is 14.0 Å². The van der Waals surface area contributed by atoms with Crippen LogP contribution in [0.4, 0.5) is 14.9 Å². The molecule has 3 amide bonds. The van der Waals surface area contributed by atoms with Crippen molar-refractivity contribution in [3.8, 4) is 0 Å². The molecule has 0 aliphatic carbocycles. The summed E-state index contributed by atoms with van der Waals surface area (Å²) in [5.41, 5.74) is 5.51. The van der Waals surface area contributed by atoms with Crippen molar-refractivity contribution in [3.05, 3.63) is 30.1 Å². The largest absolute Gasteiger partial charge is 0.369 e. The predicted molar refractivity (Wildman–Crippen MR) is 86.4 cm³/mol. The van der Waals surface area contributed by atoms with Crippen LogP contribution < -0.4 is 16.4 Å². The molecule has 126 valence electrons. The van der Waals surface area contributed by atoms with E-state index in [0.29, 0.717) is 13.1 Å². The highest BCUT2D eigenvalue weighted by molar-refractivity contribution is 5.89. The van der Waals surface area contributed by atoms with Gasteiger partial charge in [-0.25, -0.2) is 9.18 Å². The second-order valence-electron chi connectivity index (χ2n) is 5.76. The van der Waals surface area contributed by atoms with E-state index in [2.05, 4.69) is 15.5 Å². The van der Waals surface area contributed by atoms with E-state index in [4.69, 9.17) is 5.73 Å². The molecule has 1 saturated heterocycles. The number of benzene rings is 1. The first-order chi connectivity index (χ1) is 11.1. The lowest BCUT2D eigenvalue weighted by atomic mass is 9.97. The molecule has 0 bridgehead atoms. The SMILES string of the molecule is NC(=O)[C@H]1CCCN(CCCNC(=O)Nc2ccccc2F)C1. The van der Waals surface area contributed by atoms with E-state index in [1.807, 2.05) is 0 Å². The summed E-state index contributed by atoms with van der Waals surface area (Å²) >= 11 is 0. The van der Waals surface area contributed by atoms with Gasteiger partial charge in [-0.1, -0.05) is 12.1 Å². The number of piperidine rings is 1. The Hall–Kier alpha value is -2.15. The number of amides is 3. The number of likely N-dealkylation sites (tertiary alicyclic amines) is 1. The van der Waals surface area contributed by atoms with Crippen LogP contribution in [0.2, 0.25) is 0 Å². The van der Waals surface area contributed by atoms with E-state index in [-0.39, 0.29) is 17.5 Å². The number of rotatable bonds is 6. The van der Waals surface area contributed by atoms with E-state index in [1.54, 1.807) is 12.1 Å². The number of carbonyl (C=O) groups is 2. The van der Waals surface area contributed by atoms with Crippen LogP contribution in [0.15, 0.2) is 24.3 Å². The van der Waals surface area contributed by atoms with Crippen molar-refractivity contribution in [1.82, 2.24) is 10.2 Å². The molecule has 23 heavy (non-hydrogen) atoms. The number of anilines is 1. The van der Waals surface area contributed by atoms with Gasteiger partial charge in [-0.3, -0.25) is 4.79 Å². The third kappa shape index (κ3) is 5.52. The van der Waals surface area contributed by atoms with Crippen LogP contribution in [0.25, 0.3) is 0 Å². The quantitative estimate of drug-likeness (QED) is 0.694. The maximum Gasteiger partial charge on any atom is 0.319 e. The van der Waals surface area contributed by atoms with Crippen molar-refractivity contribution >= 4 is 17.6 Å². The monoisotopic (exact) mass is 322 g/mol. The molecule has 1 aromatic carbocycles. The minimum absolute atomic E-state index is 0.0685. The van der Waals surface area contributed by atoms with Crippen molar-refractivity contribution in [3.63, 3.8) is 0 Å². The van der Waals surface area contributed by atoms with Crippen molar-refractivity contribution in [1.29, 1.82) is 0 Å².